The van der Waals surface area contributed by atoms with Gasteiger partial charge in [0.1, 0.15) is 0 Å². The van der Waals surface area contributed by atoms with Crippen molar-refractivity contribution in [2.45, 2.75) is 37.7 Å². The maximum Gasteiger partial charge on any atom is 0.407 e. The van der Waals surface area contributed by atoms with E-state index >= 15 is 0 Å². The van der Waals surface area contributed by atoms with Crippen LogP contribution in [0.1, 0.15) is 37.7 Å². The SMILES string of the molecule is O=C(O)N1CCC(OCCCN2CCCC2)(c2cccnc2)CC1. The summed E-state index contributed by atoms with van der Waals surface area (Å²) in [4.78, 5) is 19.4. The van der Waals surface area contributed by atoms with E-state index in [1.807, 2.05) is 18.3 Å². The van der Waals surface area contributed by atoms with Crippen LogP contribution in [0, 0.1) is 0 Å². The van der Waals surface area contributed by atoms with Gasteiger partial charge in [0, 0.05) is 44.2 Å². The Morgan fingerprint density at radius 3 is 2.62 bits per heavy atom. The largest absolute Gasteiger partial charge is 0.465 e. The molecule has 1 amide bonds. The molecule has 1 aromatic rings. The highest BCUT2D eigenvalue weighted by Gasteiger charge is 2.38. The van der Waals surface area contributed by atoms with E-state index in [-0.39, 0.29) is 0 Å². The summed E-state index contributed by atoms with van der Waals surface area (Å²) in [5.74, 6) is 0. The molecule has 1 N–H and O–H groups in total. The van der Waals surface area contributed by atoms with Crippen molar-refractivity contribution in [3.63, 3.8) is 0 Å². The summed E-state index contributed by atoms with van der Waals surface area (Å²) in [5.41, 5.74) is 0.668. The van der Waals surface area contributed by atoms with Crippen LogP contribution in [0.2, 0.25) is 0 Å². The third kappa shape index (κ3) is 4.05. The number of likely N-dealkylation sites (tertiary alicyclic amines) is 2. The molecule has 0 unspecified atom stereocenters. The Kier molecular flexibility index (Phi) is 5.68. The molecule has 1 aromatic heterocycles. The Morgan fingerprint density at radius 2 is 2.00 bits per heavy atom. The fourth-order valence-corrected chi connectivity index (χ4v) is 3.77. The molecule has 0 spiro atoms. The number of carbonyl (C=O) groups is 1. The van der Waals surface area contributed by atoms with E-state index in [2.05, 4.69) is 9.88 Å². The fourth-order valence-electron chi connectivity index (χ4n) is 3.77. The van der Waals surface area contributed by atoms with Gasteiger partial charge in [0.05, 0.1) is 5.60 Å². The van der Waals surface area contributed by atoms with Crippen LogP contribution in [-0.2, 0) is 10.3 Å². The molecule has 0 aliphatic carbocycles. The molecule has 0 bridgehead atoms. The highest BCUT2D eigenvalue weighted by atomic mass is 16.5. The molecule has 3 heterocycles. The number of rotatable bonds is 6. The third-order valence-electron chi connectivity index (χ3n) is 5.22. The molecule has 132 valence electrons. The van der Waals surface area contributed by atoms with Crippen molar-refractivity contribution in [1.29, 1.82) is 0 Å². The zero-order valence-electron chi connectivity index (χ0n) is 14.2. The van der Waals surface area contributed by atoms with E-state index in [1.54, 1.807) is 6.20 Å². The average molecular weight is 333 g/mol. The minimum Gasteiger partial charge on any atom is -0.465 e. The monoisotopic (exact) mass is 333 g/mol. The molecular formula is C18H27N3O3. The highest BCUT2D eigenvalue weighted by Crippen LogP contribution is 2.36. The third-order valence-corrected chi connectivity index (χ3v) is 5.22. The second-order valence-corrected chi connectivity index (χ2v) is 6.76. The molecule has 2 fully saturated rings. The fraction of sp³-hybridized carbons (Fsp3) is 0.667. The van der Waals surface area contributed by atoms with Gasteiger partial charge < -0.3 is 19.6 Å². The van der Waals surface area contributed by atoms with Gasteiger partial charge in [-0.25, -0.2) is 4.79 Å². The van der Waals surface area contributed by atoms with E-state index in [0.717, 1.165) is 18.5 Å². The molecule has 0 radical (unpaired) electrons. The number of pyridine rings is 1. The smallest absolute Gasteiger partial charge is 0.407 e. The van der Waals surface area contributed by atoms with E-state index in [1.165, 1.54) is 30.8 Å². The van der Waals surface area contributed by atoms with Crippen molar-refractivity contribution in [2.75, 3.05) is 39.3 Å². The van der Waals surface area contributed by atoms with E-state index in [9.17, 15) is 9.90 Å². The van der Waals surface area contributed by atoms with Crippen molar-refractivity contribution < 1.29 is 14.6 Å². The molecule has 2 aliphatic rings. The predicted molar refractivity (Wildman–Crippen MR) is 91.0 cm³/mol. The maximum atomic E-state index is 11.2. The molecule has 2 aliphatic heterocycles. The van der Waals surface area contributed by atoms with Crippen molar-refractivity contribution in [3.8, 4) is 0 Å². The van der Waals surface area contributed by atoms with Crippen LogP contribution in [0.5, 0.6) is 0 Å². The van der Waals surface area contributed by atoms with Gasteiger partial charge in [0.15, 0.2) is 0 Å². The predicted octanol–water partition coefficient (Wildman–Crippen LogP) is 2.55. The average Bonchev–Trinajstić information content (AvgIpc) is 3.13. The van der Waals surface area contributed by atoms with Crippen molar-refractivity contribution in [1.82, 2.24) is 14.8 Å². The number of nitrogens with zero attached hydrogens (tertiary/aromatic N) is 3. The minimum atomic E-state index is -0.844. The molecule has 24 heavy (non-hydrogen) atoms. The summed E-state index contributed by atoms with van der Waals surface area (Å²) >= 11 is 0. The van der Waals surface area contributed by atoms with Gasteiger partial charge in [-0.15, -0.1) is 0 Å². The standard InChI is InChI=1S/C18H27N3O3/c22-17(23)21-12-6-18(7-13-21,16-5-3-8-19-15-16)24-14-4-11-20-9-1-2-10-20/h3,5,8,15H,1-2,4,6-7,9-14H2,(H,22,23). The summed E-state index contributed by atoms with van der Waals surface area (Å²) in [6.07, 6.45) is 7.79. The lowest BCUT2D eigenvalue weighted by atomic mass is 9.85. The van der Waals surface area contributed by atoms with E-state index in [4.69, 9.17) is 4.74 Å². The first-order chi connectivity index (χ1) is 11.7. The van der Waals surface area contributed by atoms with Crippen molar-refractivity contribution in [2.24, 2.45) is 0 Å². The van der Waals surface area contributed by atoms with Gasteiger partial charge in [-0.3, -0.25) is 4.98 Å². The van der Waals surface area contributed by atoms with Gasteiger partial charge >= 0.3 is 6.09 Å². The lowest BCUT2D eigenvalue weighted by molar-refractivity contribution is -0.0882. The van der Waals surface area contributed by atoms with Crippen LogP contribution in [0.4, 0.5) is 4.79 Å². The summed E-state index contributed by atoms with van der Waals surface area (Å²) < 4.78 is 6.36. The zero-order valence-corrected chi connectivity index (χ0v) is 14.2. The zero-order chi connectivity index (χ0) is 16.8. The first-order valence-corrected chi connectivity index (χ1v) is 8.94. The number of piperidine rings is 1. The molecule has 0 aromatic carbocycles. The van der Waals surface area contributed by atoms with Crippen LogP contribution in [0.25, 0.3) is 0 Å². The molecule has 2 saturated heterocycles. The normalized spacial score (nSPS) is 21.1. The number of aromatic nitrogens is 1. The summed E-state index contributed by atoms with van der Waals surface area (Å²) in [7, 11) is 0. The van der Waals surface area contributed by atoms with Gasteiger partial charge in [-0.05, 0) is 51.3 Å². The van der Waals surface area contributed by atoms with Gasteiger partial charge in [-0.2, -0.15) is 0 Å². The number of ether oxygens (including phenoxy) is 1. The number of amides is 1. The van der Waals surface area contributed by atoms with Crippen LogP contribution >= 0.6 is 0 Å². The summed E-state index contributed by atoms with van der Waals surface area (Å²) in [5, 5.41) is 9.18. The first-order valence-electron chi connectivity index (χ1n) is 8.94. The van der Waals surface area contributed by atoms with E-state index < -0.39 is 11.7 Å². The van der Waals surface area contributed by atoms with Gasteiger partial charge in [0.25, 0.3) is 0 Å². The second-order valence-electron chi connectivity index (χ2n) is 6.76. The second kappa shape index (κ2) is 7.94. The topological polar surface area (TPSA) is 65.9 Å². The number of hydrogen-bond acceptors (Lipinski definition) is 4. The van der Waals surface area contributed by atoms with Crippen molar-refractivity contribution >= 4 is 6.09 Å². The Bertz CT molecular complexity index is 524. The van der Waals surface area contributed by atoms with Crippen molar-refractivity contribution in [3.05, 3.63) is 30.1 Å². The molecule has 3 rings (SSSR count). The van der Waals surface area contributed by atoms with Gasteiger partial charge in [-0.1, -0.05) is 6.07 Å². The Morgan fingerprint density at radius 1 is 1.25 bits per heavy atom. The van der Waals surface area contributed by atoms with Crippen LogP contribution in [-0.4, -0.2) is 65.3 Å². The quantitative estimate of drug-likeness (QED) is 0.811. The lowest BCUT2D eigenvalue weighted by Gasteiger charge is -2.41. The van der Waals surface area contributed by atoms with Crippen LogP contribution in [0.3, 0.4) is 0 Å². The van der Waals surface area contributed by atoms with Crippen LogP contribution < -0.4 is 0 Å². The summed E-state index contributed by atoms with van der Waals surface area (Å²) in [6, 6.07) is 3.97. The highest BCUT2D eigenvalue weighted by molar-refractivity contribution is 5.65. The lowest BCUT2D eigenvalue weighted by Crippen LogP contribution is -2.46. The summed E-state index contributed by atoms with van der Waals surface area (Å²) in [6.45, 7) is 5.23. The Labute approximate surface area is 143 Å². The van der Waals surface area contributed by atoms with Gasteiger partial charge in [0.2, 0.25) is 0 Å². The molecular weight excluding hydrogens is 306 g/mol. The minimum absolute atomic E-state index is 0.398. The molecule has 0 atom stereocenters. The number of hydrogen-bond donors (Lipinski definition) is 1. The maximum absolute atomic E-state index is 11.2. The van der Waals surface area contributed by atoms with Crippen LogP contribution in [0.15, 0.2) is 24.5 Å². The molecule has 6 heteroatoms. The molecule has 6 nitrogen and oxygen atoms in total. The molecule has 0 saturated carbocycles. The number of carboxylic acid groups (broad SMARTS) is 1. The Balaban J connectivity index is 1.59. The first kappa shape index (κ1) is 17.2. The van der Waals surface area contributed by atoms with E-state index in [0.29, 0.717) is 32.5 Å². The Hall–Kier alpha value is -1.66.